The Labute approximate surface area is 253 Å². The molecule has 0 N–H and O–H groups in total. The summed E-state index contributed by atoms with van der Waals surface area (Å²) >= 11 is 4.73. The van der Waals surface area contributed by atoms with Crippen LogP contribution in [0.2, 0.25) is 0 Å². The van der Waals surface area contributed by atoms with Crippen molar-refractivity contribution in [2.24, 2.45) is 0 Å². The Hall–Kier alpha value is -2.10. The molecule has 8 heteroatoms. The van der Waals surface area contributed by atoms with Gasteiger partial charge in [0.05, 0.1) is 31.1 Å². The molecule has 2 aromatic carbocycles. The van der Waals surface area contributed by atoms with Gasteiger partial charge in [-0.25, -0.2) is 0 Å². The number of amides is 1. The summed E-state index contributed by atoms with van der Waals surface area (Å²) in [5.74, 6) is 0.0142. The first kappa shape index (κ1) is 34.1. The number of methoxy groups -OCH3 is 1. The van der Waals surface area contributed by atoms with Crippen molar-refractivity contribution in [1.82, 2.24) is 4.90 Å². The fourth-order valence-electron chi connectivity index (χ4n) is 4.31. The normalized spacial score (nSPS) is 22.4. The molecular weight excluding hydrogens is 588 g/mol. The summed E-state index contributed by atoms with van der Waals surface area (Å²) < 4.78 is 18.9. The van der Waals surface area contributed by atoms with E-state index in [-0.39, 0.29) is 23.4 Å². The van der Waals surface area contributed by atoms with Crippen LogP contribution in [-0.2, 0) is 25.6 Å². The first-order chi connectivity index (χ1) is 19.4. The molecule has 0 aliphatic carbocycles. The van der Waals surface area contributed by atoms with Crippen LogP contribution in [-0.4, -0.2) is 67.7 Å². The number of benzene rings is 2. The van der Waals surface area contributed by atoms with Gasteiger partial charge in [0.25, 0.3) is 5.91 Å². The molecule has 2 aromatic rings. The number of halogens is 1. The lowest BCUT2D eigenvalue weighted by atomic mass is 9.91. The van der Waals surface area contributed by atoms with E-state index in [0.29, 0.717) is 26.4 Å². The van der Waals surface area contributed by atoms with Gasteiger partial charge in [-0.3, -0.25) is 4.79 Å². The summed E-state index contributed by atoms with van der Waals surface area (Å²) in [5.41, 5.74) is 2.88. The van der Waals surface area contributed by atoms with E-state index >= 15 is 0 Å². The number of thioether (sulfide) groups is 1. The van der Waals surface area contributed by atoms with Gasteiger partial charge in [0.1, 0.15) is 6.23 Å². The number of morpholine rings is 1. The third-order valence-electron chi connectivity index (χ3n) is 6.53. The van der Waals surface area contributed by atoms with Crippen LogP contribution in [0.15, 0.2) is 83.4 Å². The molecule has 2 saturated heterocycles. The van der Waals surface area contributed by atoms with Crippen LogP contribution >= 0.6 is 27.7 Å². The summed E-state index contributed by atoms with van der Waals surface area (Å²) in [5, 5.41) is 0.0298. The molecule has 0 saturated carbocycles. The number of rotatable bonds is 10. The largest absolute Gasteiger partial charge is 0.372 e. The van der Waals surface area contributed by atoms with E-state index in [1.165, 1.54) is 0 Å². The van der Waals surface area contributed by atoms with Crippen molar-refractivity contribution < 1.29 is 19.0 Å². The second-order valence-corrected chi connectivity index (χ2v) is 11.5. The van der Waals surface area contributed by atoms with Crippen molar-refractivity contribution in [3.63, 3.8) is 0 Å². The molecule has 4 unspecified atom stereocenters. The maximum absolute atomic E-state index is 12.7. The zero-order valence-electron chi connectivity index (χ0n) is 24.7. The minimum absolute atomic E-state index is 0.0142. The lowest BCUT2D eigenvalue weighted by Gasteiger charge is -2.56. The maximum Gasteiger partial charge on any atom is 0.261 e. The van der Waals surface area contributed by atoms with E-state index < -0.39 is 5.44 Å². The zero-order valence-corrected chi connectivity index (χ0v) is 27.1. The predicted molar refractivity (Wildman–Crippen MR) is 172 cm³/mol. The van der Waals surface area contributed by atoms with Crippen LogP contribution in [0.1, 0.15) is 39.7 Å². The van der Waals surface area contributed by atoms with Crippen LogP contribution in [0.3, 0.4) is 0 Å². The number of para-hydroxylation sites is 1. The van der Waals surface area contributed by atoms with E-state index in [1.54, 1.807) is 23.8 Å². The van der Waals surface area contributed by atoms with Gasteiger partial charge < -0.3 is 24.0 Å². The highest BCUT2D eigenvalue weighted by atomic mass is 79.9. The van der Waals surface area contributed by atoms with Crippen LogP contribution in [0.5, 0.6) is 0 Å². The van der Waals surface area contributed by atoms with Crippen molar-refractivity contribution in [3.05, 3.63) is 88.9 Å². The number of carbonyl (C=O) groups excluding carboxylic acids is 1. The number of nitrogens with zero attached hydrogens (tertiary/aromatic N) is 2. The van der Waals surface area contributed by atoms with E-state index in [2.05, 4.69) is 64.7 Å². The van der Waals surface area contributed by atoms with Crippen molar-refractivity contribution >= 4 is 39.3 Å². The molecule has 2 aliphatic rings. The molecule has 2 fully saturated rings. The fourth-order valence-corrected chi connectivity index (χ4v) is 5.90. The first-order valence-corrected chi connectivity index (χ1v) is 15.6. The molecule has 4 rings (SSSR count). The average molecular weight is 634 g/mol. The molecular formula is C32H45BrN2O4S. The molecule has 0 radical (unpaired) electrons. The van der Waals surface area contributed by atoms with Crippen LogP contribution in [0.25, 0.3) is 0 Å². The van der Waals surface area contributed by atoms with Crippen molar-refractivity contribution in [2.75, 3.05) is 38.8 Å². The van der Waals surface area contributed by atoms with Crippen molar-refractivity contribution in [1.29, 1.82) is 0 Å². The van der Waals surface area contributed by atoms with Gasteiger partial charge in [-0.2, -0.15) is 0 Å². The number of ether oxygens (including phenoxy) is 3. The minimum Gasteiger partial charge on any atom is -0.372 e. The standard InChI is InChI=1S/C26H32N2O4S.C4H7Br.C2H6/c1-4-20(18-31-17-19-11-7-5-8-12-19)22-23(33-26-24(29)27(2)15-16-32-26)25(30-3)28(22)21-13-9-6-10-14-21;1-3-4(2)5;1-2/h4-14,22-23,25-26H,15-18H2,1-3H3;2-3H2,1H3;1-2H3/b20-4+;;. The van der Waals surface area contributed by atoms with Gasteiger partial charge in [0, 0.05) is 26.4 Å². The van der Waals surface area contributed by atoms with Crippen LogP contribution in [0.4, 0.5) is 5.69 Å². The fraction of sp³-hybridized carbons (Fsp3) is 0.469. The highest BCUT2D eigenvalue weighted by Gasteiger charge is 2.52. The average Bonchev–Trinajstić information content (AvgIpc) is 2.98. The number of likely N-dealkylation sites (N-methyl/N-ethyl adjacent to an activating group) is 1. The summed E-state index contributed by atoms with van der Waals surface area (Å²) in [7, 11) is 3.55. The molecule has 6 nitrogen and oxygen atoms in total. The van der Waals surface area contributed by atoms with Crippen molar-refractivity contribution in [2.45, 2.75) is 63.7 Å². The van der Waals surface area contributed by atoms with Crippen LogP contribution in [0, 0.1) is 0 Å². The SMILES string of the molecule is C/C=C(\COCc1ccccc1)C1C(SC2OCCN(C)C2=O)C(OC)N1c1ccccc1.C=C(Br)CC.CC. The van der Waals surface area contributed by atoms with Gasteiger partial charge in [0.15, 0.2) is 5.44 Å². The molecule has 0 aromatic heterocycles. The maximum atomic E-state index is 12.7. The van der Waals surface area contributed by atoms with Gasteiger partial charge in [-0.15, -0.1) is 11.8 Å². The first-order valence-electron chi connectivity index (χ1n) is 13.9. The smallest absolute Gasteiger partial charge is 0.261 e. The Kier molecular flexibility index (Phi) is 15.6. The Bertz CT molecular complexity index is 1050. The molecule has 0 bridgehead atoms. The second-order valence-electron chi connectivity index (χ2n) is 9.09. The number of allylic oxidation sites excluding steroid dienone is 2. The summed E-state index contributed by atoms with van der Waals surface area (Å²) in [6.07, 6.45) is 2.98. The Morgan fingerprint density at radius 2 is 1.75 bits per heavy atom. The lowest BCUT2D eigenvalue weighted by Crippen LogP contribution is -2.69. The zero-order chi connectivity index (χ0) is 29.5. The molecule has 40 heavy (non-hydrogen) atoms. The second kappa shape index (κ2) is 18.4. The van der Waals surface area contributed by atoms with Gasteiger partial charge >= 0.3 is 0 Å². The van der Waals surface area contributed by atoms with E-state index in [0.717, 1.165) is 27.7 Å². The van der Waals surface area contributed by atoms with Crippen molar-refractivity contribution in [3.8, 4) is 0 Å². The predicted octanol–water partition coefficient (Wildman–Crippen LogP) is 7.26. The number of hydrogen-bond donors (Lipinski definition) is 0. The van der Waals surface area contributed by atoms with Gasteiger partial charge in [-0.1, -0.05) is 97.9 Å². The van der Waals surface area contributed by atoms with E-state index in [9.17, 15) is 4.79 Å². The molecule has 1 amide bonds. The number of hydrogen-bond acceptors (Lipinski definition) is 6. The quantitative estimate of drug-likeness (QED) is 0.257. The van der Waals surface area contributed by atoms with E-state index in [4.69, 9.17) is 14.2 Å². The third-order valence-corrected chi connectivity index (χ3v) is 8.48. The number of anilines is 1. The molecule has 2 aliphatic heterocycles. The van der Waals surface area contributed by atoms with Crippen LogP contribution < -0.4 is 4.90 Å². The third kappa shape index (κ3) is 9.48. The highest BCUT2D eigenvalue weighted by Crippen LogP contribution is 2.45. The number of carbonyl (C=O) groups is 1. The molecule has 220 valence electrons. The summed E-state index contributed by atoms with van der Waals surface area (Å²) in [6.45, 7) is 13.9. The highest BCUT2D eigenvalue weighted by molar-refractivity contribution is 9.11. The summed E-state index contributed by atoms with van der Waals surface area (Å²) in [4.78, 5) is 16.7. The monoisotopic (exact) mass is 632 g/mol. The molecule has 0 spiro atoms. The molecule has 4 atom stereocenters. The summed E-state index contributed by atoms with van der Waals surface area (Å²) in [6, 6.07) is 20.5. The lowest BCUT2D eigenvalue weighted by molar-refractivity contribution is -0.143. The topological polar surface area (TPSA) is 51.2 Å². The Morgan fingerprint density at radius 1 is 1.15 bits per heavy atom. The van der Waals surface area contributed by atoms with Gasteiger partial charge in [-0.05, 0) is 41.1 Å². The van der Waals surface area contributed by atoms with Gasteiger partial charge in [0.2, 0.25) is 0 Å². The minimum atomic E-state index is -0.518. The van der Waals surface area contributed by atoms with E-state index in [1.807, 2.05) is 64.2 Å². The molecule has 2 heterocycles. The Balaban J connectivity index is 0.000000722. The Morgan fingerprint density at radius 3 is 2.30 bits per heavy atom.